The number of carbonyl (C=O) groups is 1. The molecule has 2 nitrogen and oxygen atoms in total. The second-order valence-corrected chi connectivity index (χ2v) is 6.69. The van der Waals surface area contributed by atoms with Crippen molar-refractivity contribution < 1.29 is 4.79 Å². The van der Waals surface area contributed by atoms with Gasteiger partial charge in [-0.25, -0.2) is 0 Å². The summed E-state index contributed by atoms with van der Waals surface area (Å²) in [6.07, 6.45) is 0. The van der Waals surface area contributed by atoms with Gasteiger partial charge in [-0.1, -0.05) is 90.5 Å². The van der Waals surface area contributed by atoms with Gasteiger partial charge in [0.1, 0.15) is 0 Å². The summed E-state index contributed by atoms with van der Waals surface area (Å²) >= 11 is 0. The van der Waals surface area contributed by atoms with E-state index in [1.165, 1.54) is 16.7 Å². The van der Waals surface area contributed by atoms with Crippen LogP contribution in [-0.2, 0) is 6.54 Å². The molecule has 4 rings (SSSR count). The Bertz CT molecular complexity index is 856. The first-order valence-electron chi connectivity index (χ1n) is 8.69. The molecule has 1 heterocycles. The number of nitrogens with zero attached hydrogens (tertiary/aromatic N) is 1. The van der Waals surface area contributed by atoms with Crippen LogP contribution in [0.4, 0.5) is 0 Å². The van der Waals surface area contributed by atoms with Crippen LogP contribution in [0.15, 0.2) is 84.9 Å². The summed E-state index contributed by atoms with van der Waals surface area (Å²) in [4.78, 5) is 15.3. The quantitative estimate of drug-likeness (QED) is 0.495. The Hall–Kier alpha value is -2.71. The summed E-state index contributed by atoms with van der Waals surface area (Å²) in [5.41, 5.74) is 4.42. The molecule has 0 amide bonds. The van der Waals surface area contributed by atoms with E-state index in [0.717, 1.165) is 12.1 Å². The SMILES string of the molecule is Cc1ccc(C(=O)[C@@H]2[C@H](c3ccccc3)N2Cc2ccccc2)cc1. The van der Waals surface area contributed by atoms with Crippen LogP contribution in [0.5, 0.6) is 0 Å². The molecular weight excluding hydrogens is 306 g/mol. The largest absolute Gasteiger partial charge is 0.292 e. The van der Waals surface area contributed by atoms with Crippen LogP contribution >= 0.6 is 0 Å². The summed E-state index contributed by atoms with van der Waals surface area (Å²) in [5.74, 6) is 0.213. The van der Waals surface area contributed by atoms with Crippen molar-refractivity contribution in [3.05, 3.63) is 107 Å². The lowest BCUT2D eigenvalue weighted by molar-refractivity contribution is 0.0973. The van der Waals surface area contributed by atoms with E-state index in [0.29, 0.717) is 0 Å². The highest BCUT2D eigenvalue weighted by Crippen LogP contribution is 2.45. The fourth-order valence-electron chi connectivity index (χ4n) is 3.47. The molecule has 1 fully saturated rings. The first-order chi connectivity index (χ1) is 12.2. The molecule has 0 saturated carbocycles. The van der Waals surface area contributed by atoms with Gasteiger partial charge in [-0.3, -0.25) is 9.69 Å². The van der Waals surface area contributed by atoms with E-state index in [9.17, 15) is 4.79 Å². The Kier molecular flexibility index (Phi) is 4.21. The van der Waals surface area contributed by atoms with Crippen LogP contribution in [0.1, 0.15) is 33.1 Å². The molecule has 3 atom stereocenters. The van der Waals surface area contributed by atoms with Crippen LogP contribution in [0, 0.1) is 6.92 Å². The second-order valence-electron chi connectivity index (χ2n) is 6.69. The highest BCUT2D eigenvalue weighted by molar-refractivity contribution is 6.02. The molecule has 25 heavy (non-hydrogen) atoms. The summed E-state index contributed by atoms with van der Waals surface area (Å²) in [5, 5.41) is 0. The fraction of sp³-hybridized carbons (Fsp3) is 0.174. The molecule has 1 saturated heterocycles. The van der Waals surface area contributed by atoms with E-state index < -0.39 is 0 Å². The highest BCUT2D eigenvalue weighted by atomic mass is 16.1. The van der Waals surface area contributed by atoms with Gasteiger partial charge in [0, 0.05) is 12.1 Å². The van der Waals surface area contributed by atoms with Crippen molar-refractivity contribution in [2.24, 2.45) is 0 Å². The number of benzene rings is 3. The summed E-state index contributed by atoms with van der Waals surface area (Å²) in [6, 6.07) is 28.7. The molecular formula is C23H21NO. The third-order valence-corrected chi connectivity index (χ3v) is 4.88. The van der Waals surface area contributed by atoms with Crippen molar-refractivity contribution in [2.45, 2.75) is 25.6 Å². The summed E-state index contributed by atoms with van der Waals surface area (Å²) in [7, 11) is 0. The van der Waals surface area contributed by atoms with Gasteiger partial charge < -0.3 is 0 Å². The first kappa shape index (κ1) is 15.8. The Morgan fingerprint density at radius 3 is 2.08 bits per heavy atom. The topological polar surface area (TPSA) is 20.1 Å². The normalized spacial score (nSPS) is 21.7. The van der Waals surface area contributed by atoms with Gasteiger partial charge in [0.2, 0.25) is 0 Å². The van der Waals surface area contributed by atoms with Crippen LogP contribution in [-0.4, -0.2) is 16.7 Å². The first-order valence-corrected chi connectivity index (χ1v) is 8.69. The Balaban J connectivity index is 1.61. The molecule has 124 valence electrons. The minimum Gasteiger partial charge on any atom is -0.292 e. The predicted octanol–water partition coefficient (Wildman–Crippen LogP) is 4.80. The number of carbonyl (C=O) groups excluding carboxylic acids is 1. The van der Waals surface area contributed by atoms with Gasteiger partial charge in [0.25, 0.3) is 0 Å². The molecule has 2 heteroatoms. The predicted molar refractivity (Wildman–Crippen MR) is 100 cm³/mol. The third-order valence-electron chi connectivity index (χ3n) is 4.88. The van der Waals surface area contributed by atoms with Gasteiger partial charge in [0.05, 0.1) is 12.1 Å². The monoisotopic (exact) mass is 327 g/mol. The number of Topliss-reactive ketones (excluding diaryl/α,β-unsaturated/α-hetero) is 1. The van der Waals surface area contributed by atoms with Crippen molar-refractivity contribution in [2.75, 3.05) is 0 Å². The molecule has 1 aliphatic heterocycles. The average molecular weight is 327 g/mol. The van der Waals surface area contributed by atoms with Crippen molar-refractivity contribution >= 4 is 5.78 Å². The second kappa shape index (κ2) is 6.66. The molecule has 0 aromatic heterocycles. The molecule has 3 aromatic rings. The van der Waals surface area contributed by atoms with E-state index in [1.807, 2.05) is 67.6 Å². The van der Waals surface area contributed by atoms with Crippen molar-refractivity contribution in [3.63, 3.8) is 0 Å². The minimum absolute atomic E-state index is 0.0784. The minimum atomic E-state index is -0.0784. The van der Waals surface area contributed by atoms with E-state index in [4.69, 9.17) is 0 Å². The van der Waals surface area contributed by atoms with Crippen molar-refractivity contribution in [1.29, 1.82) is 0 Å². The van der Waals surface area contributed by atoms with Gasteiger partial charge in [-0.2, -0.15) is 0 Å². The molecule has 0 spiro atoms. The van der Waals surface area contributed by atoms with E-state index in [-0.39, 0.29) is 17.9 Å². The number of hydrogen-bond donors (Lipinski definition) is 0. The standard InChI is InChI=1S/C23H21NO/c1-17-12-14-20(15-13-17)23(25)22-21(19-10-6-3-7-11-19)24(22)16-18-8-4-2-5-9-18/h2-15,21-22H,16H2,1H3/t21-,22-,24?/m0/s1. The molecule has 1 aliphatic rings. The highest BCUT2D eigenvalue weighted by Gasteiger charge is 2.52. The zero-order valence-electron chi connectivity index (χ0n) is 14.3. The Morgan fingerprint density at radius 1 is 0.840 bits per heavy atom. The molecule has 0 N–H and O–H groups in total. The maximum Gasteiger partial charge on any atom is 0.181 e. The van der Waals surface area contributed by atoms with Crippen LogP contribution in [0.2, 0.25) is 0 Å². The van der Waals surface area contributed by atoms with Gasteiger partial charge in [0.15, 0.2) is 5.78 Å². The molecule has 3 aromatic carbocycles. The van der Waals surface area contributed by atoms with E-state index in [2.05, 4.69) is 29.2 Å². The molecule has 1 unspecified atom stereocenters. The zero-order valence-corrected chi connectivity index (χ0v) is 14.3. The summed E-state index contributed by atoms with van der Waals surface area (Å²) in [6.45, 7) is 2.84. The van der Waals surface area contributed by atoms with Crippen molar-refractivity contribution in [3.8, 4) is 0 Å². The Morgan fingerprint density at radius 2 is 1.44 bits per heavy atom. The number of ketones is 1. The van der Waals surface area contributed by atoms with Gasteiger partial charge >= 0.3 is 0 Å². The lowest BCUT2D eigenvalue weighted by Crippen LogP contribution is -2.13. The number of aryl methyl sites for hydroxylation is 1. The number of rotatable bonds is 5. The lowest BCUT2D eigenvalue weighted by Gasteiger charge is -2.04. The van der Waals surface area contributed by atoms with Crippen LogP contribution < -0.4 is 0 Å². The third kappa shape index (κ3) is 3.26. The smallest absolute Gasteiger partial charge is 0.181 e. The van der Waals surface area contributed by atoms with E-state index in [1.54, 1.807) is 0 Å². The fourth-order valence-corrected chi connectivity index (χ4v) is 3.47. The zero-order chi connectivity index (χ0) is 17.2. The maximum atomic E-state index is 13.1. The van der Waals surface area contributed by atoms with Crippen LogP contribution in [0.3, 0.4) is 0 Å². The number of hydrogen-bond acceptors (Lipinski definition) is 2. The Labute approximate surface area is 148 Å². The van der Waals surface area contributed by atoms with Crippen LogP contribution in [0.25, 0.3) is 0 Å². The molecule has 0 radical (unpaired) electrons. The maximum absolute atomic E-state index is 13.1. The average Bonchev–Trinajstić information content (AvgIpc) is 3.37. The van der Waals surface area contributed by atoms with Gasteiger partial charge in [-0.15, -0.1) is 0 Å². The van der Waals surface area contributed by atoms with Crippen molar-refractivity contribution in [1.82, 2.24) is 4.90 Å². The molecule has 0 bridgehead atoms. The molecule has 0 aliphatic carbocycles. The summed E-state index contributed by atoms with van der Waals surface area (Å²) < 4.78 is 0. The van der Waals surface area contributed by atoms with E-state index >= 15 is 0 Å². The lowest BCUT2D eigenvalue weighted by atomic mass is 10.0. The van der Waals surface area contributed by atoms with Gasteiger partial charge in [-0.05, 0) is 18.1 Å².